The van der Waals surface area contributed by atoms with E-state index in [1.54, 1.807) is 13.0 Å². The van der Waals surface area contributed by atoms with E-state index in [9.17, 15) is 4.79 Å². The molecule has 1 atom stereocenters. The Morgan fingerprint density at radius 3 is 2.82 bits per heavy atom. The fourth-order valence-electron chi connectivity index (χ4n) is 1.71. The Balaban J connectivity index is 2.97. The molecule has 2 N–H and O–H groups in total. The summed E-state index contributed by atoms with van der Waals surface area (Å²) in [5.41, 5.74) is 2.53. The van der Waals surface area contributed by atoms with Crippen molar-refractivity contribution in [3.05, 3.63) is 29.6 Å². The minimum Gasteiger partial charge on any atom is -0.465 e. The first-order valence-corrected chi connectivity index (χ1v) is 5.64. The van der Waals surface area contributed by atoms with Gasteiger partial charge in [-0.2, -0.15) is 5.10 Å². The molecule has 0 aliphatic heterocycles. The predicted octanol–water partition coefficient (Wildman–Crippen LogP) is 1.41. The molecule has 94 valence electrons. The topological polar surface area (TPSA) is 67.0 Å². The minimum absolute atomic E-state index is 0.290. The van der Waals surface area contributed by atoms with Gasteiger partial charge in [0.2, 0.25) is 0 Å². The zero-order valence-corrected chi connectivity index (χ0v) is 10.5. The average molecular weight is 237 g/mol. The fourth-order valence-corrected chi connectivity index (χ4v) is 1.71. The van der Waals surface area contributed by atoms with Crippen molar-refractivity contribution in [2.75, 3.05) is 13.2 Å². The molecule has 17 heavy (non-hydrogen) atoms. The van der Waals surface area contributed by atoms with Crippen LogP contribution in [-0.4, -0.2) is 29.3 Å². The van der Waals surface area contributed by atoms with Crippen molar-refractivity contribution in [1.82, 2.24) is 15.5 Å². The number of aryl methyl sites for hydroxylation is 2. The third-order valence-corrected chi connectivity index (χ3v) is 2.46. The summed E-state index contributed by atoms with van der Waals surface area (Å²) >= 11 is 0. The lowest BCUT2D eigenvalue weighted by atomic mass is 10.1. The fraction of sp³-hybridized carbons (Fsp3) is 0.500. The molecule has 0 amide bonds. The van der Waals surface area contributed by atoms with Crippen molar-refractivity contribution in [2.24, 2.45) is 0 Å². The van der Waals surface area contributed by atoms with E-state index in [1.807, 2.05) is 13.8 Å². The summed E-state index contributed by atoms with van der Waals surface area (Å²) in [7, 11) is 0. The van der Waals surface area contributed by atoms with Crippen LogP contribution in [0.4, 0.5) is 0 Å². The van der Waals surface area contributed by atoms with Crippen molar-refractivity contribution in [1.29, 1.82) is 0 Å². The molecule has 1 unspecified atom stereocenters. The standard InChI is InChI=1S/C12H19N3O2/c1-5-7-13-11(12(16)17-6-2)10-8(3)14-15-9(10)4/h5,11,13H,1,6-7H2,2-4H3,(H,14,15). The molecule has 0 aromatic carbocycles. The smallest absolute Gasteiger partial charge is 0.327 e. The lowest BCUT2D eigenvalue weighted by Crippen LogP contribution is -2.31. The SMILES string of the molecule is C=CCNC(C(=O)OCC)c1c(C)n[nH]c1C. The van der Waals surface area contributed by atoms with E-state index in [4.69, 9.17) is 4.74 Å². The summed E-state index contributed by atoms with van der Waals surface area (Å²) in [4.78, 5) is 11.9. The van der Waals surface area contributed by atoms with Gasteiger partial charge in [0, 0.05) is 17.8 Å². The first-order chi connectivity index (χ1) is 8.11. The molecule has 5 nitrogen and oxygen atoms in total. The zero-order chi connectivity index (χ0) is 12.8. The molecule has 0 spiro atoms. The average Bonchev–Trinajstić information content (AvgIpc) is 2.61. The second-order valence-corrected chi connectivity index (χ2v) is 3.73. The Morgan fingerprint density at radius 1 is 1.65 bits per heavy atom. The van der Waals surface area contributed by atoms with Gasteiger partial charge in [0.05, 0.1) is 12.3 Å². The van der Waals surface area contributed by atoms with Gasteiger partial charge in [-0.15, -0.1) is 6.58 Å². The van der Waals surface area contributed by atoms with Gasteiger partial charge in [0.25, 0.3) is 0 Å². The summed E-state index contributed by atoms with van der Waals surface area (Å²) in [6.45, 7) is 10.1. The Hall–Kier alpha value is -1.62. The van der Waals surface area contributed by atoms with Crippen LogP contribution in [0.3, 0.4) is 0 Å². The number of nitrogens with zero attached hydrogens (tertiary/aromatic N) is 1. The quantitative estimate of drug-likeness (QED) is 0.580. The molecule has 1 aromatic heterocycles. The van der Waals surface area contributed by atoms with Gasteiger partial charge in [-0.3, -0.25) is 10.4 Å². The number of aromatic nitrogens is 2. The van der Waals surface area contributed by atoms with Crippen molar-refractivity contribution in [3.63, 3.8) is 0 Å². The highest BCUT2D eigenvalue weighted by molar-refractivity contribution is 5.78. The molecular weight excluding hydrogens is 218 g/mol. The highest BCUT2D eigenvalue weighted by Gasteiger charge is 2.26. The van der Waals surface area contributed by atoms with Crippen LogP contribution in [0.5, 0.6) is 0 Å². The molecule has 1 aromatic rings. The van der Waals surface area contributed by atoms with E-state index in [0.29, 0.717) is 13.2 Å². The molecule has 0 aliphatic rings. The van der Waals surface area contributed by atoms with E-state index in [1.165, 1.54) is 0 Å². The third kappa shape index (κ3) is 3.17. The summed E-state index contributed by atoms with van der Waals surface area (Å²) in [6, 6.07) is -0.494. The van der Waals surface area contributed by atoms with Gasteiger partial charge in [-0.25, -0.2) is 4.79 Å². The number of esters is 1. The molecule has 0 fully saturated rings. The van der Waals surface area contributed by atoms with E-state index in [0.717, 1.165) is 17.0 Å². The van der Waals surface area contributed by atoms with Gasteiger partial charge >= 0.3 is 5.97 Å². The molecular formula is C12H19N3O2. The second kappa shape index (κ2) is 6.20. The molecule has 0 saturated carbocycles. The minimum atomic E-state index is -0.494. The van der Waals surface area contributed by atoms with Crippen LogP contribution in [0.2, 0.25) is 0 Å². The molecule has 1 rings (SSSR count). The molecule has 5 heteroatoms. The highest BCUT2D eigenvalue weighted by atomic mass is 16.5. The highest BCUT2D eigenvalue weighted by Crippen LogP contribution is 2.20. The van der Waals surface area contributed by atoms with Gasteiger partial charge in [-0.1, -0.05) is 6.08 Å². The van der Waals surface area contributed by atoms with Crippen molar-refractivity contribution in [2.45, 2.75) is 26.8 Å². The number of carbonyl (C=O) groups excluding carboxylic acids is 1. The number of H-pyrrole nitrogens is 1. The molecule has 0 bridgehead atoms. The second-order valence-electron chi connectivity index (χ2n) is 3.73. The monoisotopic (exact) mass is 237 g/mol. The summed E-state index contributed by atoms with van der Waals surface area (Å²) in [6.07, 6.45) is 1.71. The first-order valence-electron chi connectivity index (χ1n) is 5.64. The maximum Gasteiger partial charge on any atom is 0.327 e. The maximum atomic E-state index is 11.9. The number of rotatable bonds is 6. The van der Waals surface area contributed by atoms with E-state index in [2.05, 4.69) is 22.1 Å². The van der Waals surface area contributed by atoms with Gasteiger partial charge in [0.15, 0.2) is 0 Å². The maximum absolute atomic E-state index is 11.9. The van der Waals surface area contributed by atoms with Crippen LogP contribution >= 0.6 is 0 Å². The van der Waals surface area contributed by atoms with E-state index < -0.39 is 6.04 Å². The Morgan fingerprint density at radius 2 is 2.35 bits per heavy atom. The van der Waals surface area contributed by atoms with Crippen molar-refractivity contribution in [3.8, 4) is 0 Å². The van der Waals surface area contributed by atoms with Crippen LogP contribution < -0.4 is 5.32 Å². The van der Waals surface area contributed by atoms with Gasteiger partial charge in [-0.05, 0) is 20.8 Å². The number of hydrogen-bond acceptors (Lipinski definition) is 4. The normalized spacial score (nSPS) is 12.2. The molecule has 0 aliphatic carbocycles. The van der Waals surface area contributed by atoms with Crippen molar-refractivity contribution >= 4 is 5.97 Å². The third-order valence-electron chi connectivity index (χ3n) is 2.46. The molecule has 1 heterocycles. The predicted molar refractivity (Wildman–Crippen MR) is 65.6 cm³/mol. The largest absolute Gasteiger partial charge is 0.465 e. The van der Waals surface area contributed by atoms with Crippen LogP contribution in [-0.2, 0) is 9.53 Å². The van der Waals surface area contributed by atoms with Crippen LogP contribution in [0.1, 0.15) is 29.9 Å². The van der Waals surface area contributed by atoms with Gasteiger partial charge in [0.1, 0.15) is 6.04 Å². The summed E-state index contributed by atoms with van der Waals surface area (Å²) in [5.74, 6) is -0.290. The van der Waals surface area contributed by atoms with E-state index >= 15 is 0 Å². The Kier molecular flexibility index (Phi) is 4.90. The van der Waals surface area contributed by atoms with Gasteiger partial charge < -0.3 is 4.74 Å². The van der Waals surface area contributed by atoms with Crippen LogP contribution in [0.25, 0.3) is 0 Å². The van der Waals surface area contributed by atoms with E-state index in [-0.39, 0.29) is 5.97 Å². The lowest BCUT2D eigenvalue weighted by molar-refractivity contribution is -0.145. The van der Waals surface area contributed by atoms with Crippen molar-refractivity contribution < 1.29 is 9.53 Å². The van der Waals surface area contributed by atoms with Crippen LogP contribution in [0, 0.1) is 13.8 Å². The number of carbonyl (C=O) groups is 1. The summed E-state index contributed by atoms with van der Waals surface area (Å²) < 4.78 is 5.06. The Labute approximate surface area is 101 Å². The summed E-state index contributed by atoms with van der Waals surface area (Å²) in [5, 5.41) is 10.0. The zero-order valence-electron chi connectivity index (χ0n) is 10.5. The molecule has 0 saturated heterocycles. The number of aromatic amines is 1. The number of nitrogens with one attached hydrogen (secondary N) is 2. The molecule has 0 radical (unpaired) electrons. The number of ether oxygens (including phenoxy) is 1. The van der Waals surface area contributed by atoms with Crippen LogP contribution in [0.15, 0.2) is 12.7 Å². The Bertz CT molecular complexity index is 379. The lowest BCUT2D eigenvalue weighted by Gasteiger charge is -2.16. The first kappa shape index (κ1) is 13.4. The number of hydrogen-bond donors (Lipinski definition) is 2.